The molecule has 29 heavy (non-hydrogen) atoms. The van der Waals surface area contributed by atoms with Crippen molar-refractivity contribution in [2.24, 2.45) is 23.2 Å². The van der Waals surface area contributed by atoms with Crippen LogP contribution in [0, 0.1) is 23.2 Å². The number of H-pyrrole nitrogens is 1. The highest BCUT2D eigenvalue weighted by Crippen LogP contribution is 2.61. The number of hydrogen-bond donors (Lipinski definition) is 2. The summed E-state index contributed by atoms with van der Waals surface area (Å²) in [5.41, 5.74) is -0.261. The van der Waals surface area contributed by atoms with Crippen molar-refractivity contribution in [2.75, 3.05) is 6.54 Å². The number of amides is 1. The first-order valence-electron chi connectivity index (χ1n) is 10.3. The van der Waals surface area contributed by atoms with E-state index in [1.807, 2.05) is 5.10 Å². The van der Waals surface area contributed by atoms with Crippen molar-refractivity contribution < 1.29 is 18.0 Å². The highest BCUT2D eigenvalue weighted by atomic mass is 32.1. The minimum absolute atomic E-state index is 0.155. The molecule has 0 spiro atoms. The largest absolute Gasteiger partial charge is 0.432 e. The number of carbonyl (C=O) groups excluding carboxylic acids is 1. The van der Waals surface area contributed by atoms with E-state index in [2.05, 4.69) is 10.4 Å². The number of nitrogens with one attached hydrogen (secondary N) is 2. The standard InChI is InChI=1S/C21H24F3N3OS/c22-21(23,24)18-8-15(26-27-18)16-1-2-17(29-16)19(28)25-4-3-20-9-12-5-13(10-20)7-14(6-12)11-20/h1-2,8,12-14H,3-7,9-11H2,(H,25,28)(H,26,27). The Morgan fingerprint density at radius 2 is 1.83 bits per heavy atom. The lowest BCUT2D eigenvalue weighted by atomic mass is 9.49. The summed E-state index contributed by atoms with van der Waals surface area (Å²) in [4.78, 5) is 13.6. The molecule has 2 heterocycles. The molecular weight excluding hydrogens is 399 g/mol. The van der Waals surface area contributed by atoms with Gasteiger partial charge in [-0.05, 0) is 86.3 Å². The maximum Gasteiger partial charge on any atom is 0.432 e. The lowest BCUT2D eigenvalue weighted by Gasteiger charge is -2.57. The monoisotopic (exact) mass is 423 g/mol. The van der Waals surface area contributed by atoms with Crippen LogP contribution in [0.2, 0.25) is 0 Å². The average Bonchev–Trinajstić information content (AvgIpc) is 3.29. The Hall–Kier alpha value is -1.83. The van der Waals surface area contributed by atoms with Gasteiger partial charge in [0, 0.05) is 6.54 Å². The maximum absolute atomic E-state index is 12.7. The zero-order valence-corrected chi connectivity index (χ0v) is 16.8. The first-order valence-corrected chi connectivity index (χ1v) is 11.1. The van der Waals surface area contributed by atoms with Gasteiger partial charge in [0.2, 0.25) is 0 Å². The van der Waals surface area contributed by atoms with Gasteiger partial charge in [-0.15, -0.1) is 11.3 Å². The van der Waals surface area contributed by atoms with E-state index in [-0.39, 0.29) is 11.6 Å². The van der Waals surface area contributed by atoms with Crippen molar-refractivity contribution in [3.63, 3.8) is 0 Å². The van der Waals surface area contributed by atoms with Gasteiger partial charge in [-0.1, -0.05) is 0 Å². The Labute approximate surface area is 171 Å². The summed E-state index contributed by atoms with van der Waals surface area (Å²) >= 11 is 1.17. The Morgan fingerprint density at radius 1 is 1.17 bits per heavy atom. The summed E-state index contributed by atoms with van der Waals surface area (Å²) in [6.07, 6.45) is 4.76. The summed E-state index contributed by atoms with van der Waals surface area (Å²) in [5, 5.41) is 8.77. The first kappa shape index (κ1) is 19.2. The quantitative estimate of drug-likeness (QED) is 0.668. The molecule has 0 saturated heterocycles. The molecule has 4 fully saturated rings. The molecule has 156 valence electrons. The van der Waals surface area contributed by atoms with Crippen LogP contribution in [0.25, 0.3) is 10.6 Å². The lowest BCUT2D eigenvalue weighted by molar-refractivity contribution is -0.141. The molecule has 4 saturated carbocycles. The Balaban J connectivity index is 1.19. The summed E-state index contributed by atoms with van der Waals surface area (Å²) in [6, 6.07) is 4.28. The van der Waals surface area contributed by atoms with Gasteiger partial charge in [-0.3, -0.25) is 9.89 Å². The minimum Gasteiger partial charge on any atom is -0.351 e. The smallest absolute Gasteiger partial charge is 0.351 e. The average molecular weight is 424 g/mol. The summed E-state index contributed by atoms with van der Waals surface area (Å²) in [5.74, 6) is 2.53. The number of nitrogens with zero attached hydrogens (tertiary/aromatic N) is 1. The molecule has 8 heteroatoms. The van der Waals surface area contributed by atoms with E-state index in [1.54, 1.807) is 12.1 Å². The van der Waals surface area contributed by atoms with E-state index in [0.717, 1.165) is 30.2 Å². The molecule has 4 bridgehead atoms. The predicted octanol–water partition coefficient (Wildman–Crippen LogP) is 5.49. The number of aromatic nitrogens is 2. The van der Waals surface area contributed by atoms with E-state index >= 15 is 0 Å². The number of carbonyl (C=O) groups is 1. The number of thiophene rings is 1. The van der Waals surface area contributed by atoms with Crippen LogP contribution in [0.3, 0.4) is 0 Å². The Bertz CT molecular complexity index is 881. The molecule has 1 amide bonds. The number of halogens is 3. The third kappa shape index (κ3) is 3.71. The Kier molecular flexibility index (Phi) is 4.53. The summed E-state index contributed by atoms with van der Waals surface area (Å²) < 4.78 is 38.2. The van der Waals surface area contributed by atoms with Gasteiger partial charge in [0.1, 0.15) is 11.4 Å². The molecule has 4 aliphatic rings. The minimum atomic E-state index is -4.46. The van der Waals surface area contributed by atoms with Crippen molar-refractivity contribution in [1.82, 2.24) is 15.5 Å². The first-order chi connectivity index (χ1) is 13.8. The molecule has 0 aromatic carbocycles. The van der Waals surface area contributed by atoms with Gasteiger partial charge in [0.25, 0.3) is 5.91 Å². The predicted molar refractivity (Wildman–Crippen MR) is 104 cm³/mol. The van der Waals surface area contributed by atoms with Gasteiger partial charge < -0.3 is 5.32 Å². The van der Waals surface area contributed by atoms with Crippen molar-refractivity contribution in [2.45, 2.75) is 51.1 Å². The molecule has 4 aliphatic carbocycles. The fourth-order valence-corrected chi connectivity index (χ4v) is 7.20. The second kappa shape index (κ2) is 6.86. The van der Waals surface area contributed by atoms with Crippen LogP contribution in [0.1, 0.15) is 60.3 Å². The Morgan fingerprint density at radius 3 is 2.41 bits per heavy atom. The van der Waals surface area contributed by atoms with Crippen LogP contribution >= 0.6 is 11.3 Å². The molecule has 2 N–H and O–H groups in total. The van der Waals surface area contributed by atoms with Crippen LogP contribution in [-0.2, 0) is 6.18 Å². The fourth-order valence-electron chi connectivity index (χ4n) is 6.32. The van der Waals surface area contributed by atoms with Gasteiger partial charge in [0.05, 0.1) is 9.75 Å². The van der Waals surface area contributed by atoms with E-state index in [9.17, 15) is 18.0 Å². The highest BCUT2D eigenvalue weighted by molar-refractivity contribution is 7.17. The van der Waals surface area contributed by atoms with E-state index < -0.39 is 11.9 Å². The molecule has 6 rings (SSSR count). The third-order valence-corrected chi connectivity index (χ3v) is 8.18. The van der Waals surface area contributed by atoms with Gasteiger partial charge in [-0.2, -0.15) is 18.3 Å². The topological polar surface area (TPSA) is 57.8 Å². The summed E-state index contributed by atoms with van der Waals surface area (Å²) in [6.45, 7) is 0.666. The van der Waals surface area contributed by atoms with Crippen LogP contribution in [-0.4, -0.2) is 22.6 Å². The van der Waals surface area contributed by atoms with Crippen LogP contribution in [0.5, 0.6) is 0 Å². The lowest BCUT2D eigenvalue weighted by Crippen LogP contribution is -2.47. The van der Waals surface area contributed by atoms with E-state index in [0.29, 0.717) is 21.7 Å². The van der Waals surface area contributed by atoms with Crippen molar-refractivity contribution in [3.8, 4) is 10.6 Å². The molecule has 2 aromatic rings. The third-order valence-electron chi connectivity index (χ3n) is 7.07. The molecule has 0 unspecified atom stereocenters. The van der Waals surface area contributed by atoms with E-state index in [1.165, 1.54) is 49.9 Å². The second-order valence-corrected chi connectivity index (χ2v) is 10.3. The van der Waals surface area contributed by atoms with Gasteiger partial charge >= 0.3 is 6.18 Å². The molecular formula is C21H24F3N3OS. The molecule has 2 aromatic heterocycles. The molecule has 0 atom stereocenters. The SMILES string of the molecule is O=C(NCCC12CC3CC(CC(C3)C1)C2)c1ccc(-c2cc(C(F)(F)F)[nH]n2)s1. The van der Waals surface area contributed by atoms with Gasteiger partial charge in [-0.25, -0.2) is 0 Å². The van der Waals surface area contributed by atoms with Crippen molar-refractivity contribution in [3.05, 3.63) is 28.8 Å². The van der Waals surface area contributed by atoms with Gasteiger partial charge in [0.15, 0.2) is 0 Å². The zero-order chi connectivity index (χ0) is 20.2. The fraction of sp³-hybridized carbons (Fsp3) is 0.619. The molecule has 4 nitrogen and oxygen atoms in total. The highest BCUT2D eigenvalue weighted by Gasteiger charge is 2.50. The number of alkyl halides is 3. The summed E-state index contributed by atoms with van der Waals surface area (Å²) in [7, 11) is 0. The van der Waals surface area contributed by atoms with Crippen LogP contribution in [0.15, 0.2) is 18.2 Å². The van der Waals surface area contributed by atoms with Crippen LogP contribution < -0.4 is 5.32 Å². The second-order valence-electron chi connectivity index (χ2n) is 9.25. The normalized spacial score (nSPS) is 30.7. The molecule has 0 radical (unpaired) electrons. The number of hydrogen-bond acceptors (Lipinski definition) is 3. The van der Waals surface area contributed by atoms with Crippen LogP contribution in [0.4, 0.5) is 13.2 Å². The molecule has 0 aliphatic heterocycles. The number of rotatable bonds is 5. The maximum atomic E-state index is 12.7. The van der Waals surface area contributed by atoms with Crippen molar-refractivity contribution >= 4 is 17.2 Å². The van der Waals surface area contributed by atoms with E-state index in [4.69, 9.17) is 0 Å². The zero-order valence-electron chi connectivity index (χ0n) is 16.0. The van der Waals surface area contributed by atoms with Crippen molar-refractivity contribution in [1.29, 1.82) is 0 Å². The number of aromatic amines is 1.